The van der Waals surface area contributed by atoms with Gasteiger partial charge in [-0.25, -0.2) is 0 Å². The van der Waals surface area contributed by atoms with Crippen LogP contribution >= 0.6 is 23.2 Å². The molecule has 0 saturated heterocycles. The van der Waals surface area contributed by atoms with Gasteiger partial charge in [0.15, 0.2) is 0 Å². The van der Waals surface area contributed by atoms with Gasteiger partial charge in [-0.2, -0.15) is 0 Å². The van der Waals surface area contributed by atoms with Crippen LogP contribution in [0.25, 0.3) is 0 Å². The molecule has 0 heterocycles. The summed E-state index contributed by atoms with van der Waals surface area (Å²) in [7, 11) is 1.83. The molecule has 2 aromatic carbocycles. The van der Waals surface area contributed by atoms with E-state index in [0.717, 1.165) is 12.0 Å². The second-order valence-corrected chi connectivity index (χ2v) is 6.14. The van der Waals surface area contributed by atoms with Crippen LogP contribution in [0.1, 0.15) is 35.2 Å². The van der Waals surface area contributed by atoms with Crippen molar-refractivity contribution in [2.45, 2.75) is 19.3 Å². The first-order valence-corrected chi connectivity index (χ1v) is 8.04. The Morgan fingerprint density at radius 3 is 2.36 bits per heavy atom. The molecule has 1 amide bonds. The molecular formula is C18H19Cl2NO. The first kappa shape index (κ1) is 16.9. The van der Waals surface area contributed by atoms with E-state index in [9.17, 15) is 4.79 Å². The van der Waals surface area contributed by atoms with E-state index in [2.05, 4.69) is 6.92 Å². The predicted molar refractivity (Wildman–Crippen MR) is 92.9 cm³/mol. The first-order chi connectivity index (χ1) is 10.5. The van der Waals surface area contributed by atoms with E-state index in [0.29, 0.717) is 22.2 Å². The molecule has 2 rings (SSSR count). The minimum absolute atomic E-state index is 0.0270. The molecule has 0 fully saturated rings. The summed E-state index contributed by atoms with van der Waals surface area (Å²) in [5.41, 5.74) is 1.80. The van der Waals surface area contributed by atoms with Crippen molar-refractivity contribution in [1.29, 1.82) is 0 Å². The van der Waals surface area contributed by atoms with Gasteiger partial charge < -0.3 is 4.90 Å². The summed E-state index contributed by atoms with van der Waals surface area (Å²) in [4.78, 5) is 14.2. The third kappa shape index (κ3) is 4.02. The van der Waals surface area contributed by atoms with Gasteiger partial charge in [0.2, 0.25) is 0 Å². The number of rotatable bonds is 5. The molecule has 0 aliphatic rings. The molecule has 0 saturated carbocycles. The van der Waals surface area contributed by atoms with Gasteiger partial charge in [0.05, 0.1) is 10.0 Å². The molecule has 116 valence electrons. The van der Waals surface area contributed by atoms with Gasteiger partial charge in [0.1, 0.15) is 0 Å². The number of likely N-dealkylation sites (N-methyl/N-ethyl adjacent to an activating group) is 1. The van der Waals surface area contributed by atoms with Crippen LogP contribution in [-0.2, 0) is 0 Å². The quantitative estimate of drug-likeness (QED) is 0.729. The van der Waals surface area contributed by atoms with Gasteiger partial charge in [-0.15, -0.1) is 0 Å². The van der Waals surface area contributed by atoms with Crippen molar-refractivity contribution >= 4 is 29.1 Å². The maximum absolute atomic E-state index is 12.4. The number of benzene rings is 2. The van der Waals surface area contributed by atoms with Crippen molar-refractivity contribution in [3.8, 4) is 0 Å². The third-order valence-corrected chi connectivity index (χ3v) is 4.51. The Bertz CT molecular complexity index is 643. The molecule has 1 unspecified atom stereocenters. The maximum atomic E-state index is 12.4. The van der Waals surface area contributed by atoms with Crippen molar-refractivity contribution in [2.75, 3.05) is 13.6 Å². The molecular weight excluding hydrogens is 317 g/mol. The fraction of sp³-hybridized carbons (Fsp3) is 0.278. The van der Waals surface area contributed by atoms with Crippen LogP contribution in [0.4, 0.5) is 0 Å². The lowest BCUT2D eigenvalue weighted by atomic mass is 9.96. The average molecular weight is 336 g/mol. The summed E-state index contributed by atoms with van der Waals surface area (Å²) >= 11 is 12.1. The summed E-state index contributed by atoms with van der Waals surface area (Å²) in [5, 5.41) is 1.10. The number of hydrogen-bond acceptors (Lipinski definition) is 1. The summed E-state index contributed by atoms with van der Waals surface area (Å²) in [6, 6.07) is 15.0. The van der Waals surface area contributed by atoms with Crippen molar-refractivity contribution in [1.82, 2.24) is 4.90 Å². The minimum Gasteiger partial charge on any atom is -0.341 e. The number of carbonyl (C=O) groups is 1. The topological polar surface area (TPSA) is 20.3 Å². The van der Waals surface area contributed by atoms with Crippen molar-refractivity contribution in [3.63, 3.8) is 0 Å². The van der Waals surface area contributed by atoms with Gasteiger partial charge in [-0.05, 0) is 36.2 Å². The molecule has 0 N–H and O–H groups in total. The van der Waals surface area contributed by atoms with E-state index in [1.165, 1.54) is 0 Å². The fourth-order valence-electron chi connectivity index (χ4n) is 2.45. The normalized spacial score (nSPS) is 12.0. The lowest BCUT2D eigenvalue weighted by Gasteiger charge is -2.24. The van der Waals surface area contributed by atoms with E-state index in [1.807, 2.05) is 49.5 Å². The van der Waals surface area contributed by atoms with E-state index in [-0.39, 0.29) is 11.8 Å². The summed E-state index contributed by atoms with van der Waals surface area (Å²) in [6.45, 7) is 2.75. The molecule has 0 aliphatic carbocycles. The Labute approximate surface area is 141 Å². The fourth-order valence-corrected chi connectivity index (χ4v) is 2.76. The van der Waals surface area contributed by atoms with E-state index >= 15 is 0 Å². The molecule has 22 heavy (non-hydrogen) atoms. The number of nitrogens with zero attached hydrogens (tertiary/aromatic N) is 1. The molecule has 0 aromatic heterocycles. The Kier molecular flexibility index (Phi) is 5.87. The SMILES string of the molecule is CCC(CN(C)C(=O)c1ccccc1)c1ccc(Cl)c(Cl)c1. The van der Waals surface area contributed by atoms with E-state index in [1.54, 1.807) is 11.0 Å². The highest BCUT2D eigenvalue weighted by molar-refractivity contribution is 6.42. The highest BCUT2D eigenvalue weighted by atomic mass is 35.5. The lowest BCUT2D eigenvalue weighted by molar-refractivity contribution is 0.0785. The van der Waals surface area contributed by atoms with Gasteiger partial charge in [0.25, 0.3) is 5.91 Å². The summed E-state index contributed by atoms with van der Waals surface area (Å²) < 4.78 is 0. The third-order valence-electron chi connectivity index (χ3n) is 3.77. The smallest absolute Gasteiger partial charge is 0.253 e. The number of halogens is 2. The highest BCUT2D eigenvalue weighted by Gasteiger charge is 2.18. The second kappa shape index (κ2) is 7.66. The van der Waals surface area contributed by atoms with Crippen LogP contribution < -0.4 is 0 Å². The van der Waals surface area contributed by atoms with Crippen molar-refractivity contribution in [2.24, 2.45) is 0 Å². The van der Waals surface area contributed by atoms with Crippen LogP contribution in [0.5, 0.6) is 0 Å². The molecule has 0 aliphatic heterocycles. The minimum atomic E-state index is 0.0270. The Morgan fingerprint density at radius 2 is 1.77 bits per heavy atom. The van der Waals surface area contributed by atoms with Gasteiger partial charge in [-0.1, -0.05) is 54.4 Å². The van der Waals surface area contributed by atoms with Crippen molar-refractivity contribution in [3.05, 3.63) is 69.7 Å². The zero-order valence-electron chi connectivity index (χ0n) is 12.7. The predicted octanol–water partition coefficient (Wildman–Crippen LogP) is 5.26. The van der Waals surface area contributed by atoms with Crippen LogP contribution in [0.3, 0.4) is 0 Å². The van der Waals surface area contributed by atoms with Crippen molar-refractivity contribution < 1.29 is 4.79 Å². The van der Waals surface area contributed by atoms with Gasteiger partial charge in [0, 0.05) is 25.1 Å². The zero-order chi connectivity index (χ0) is 16.1. The molecule has 0 spiro atoms. The van der Waals surface area contributed by atoms with Crippen LogP contribution in [0.15, 0.2) is 48.5 Å². The highest BCUT2D eigenvalue weighted by Crippen LogP contribution is 2.28. The largest absolute Gasteiger partial charge is 0.341 e. The standard InChI is InChI=1S/C18H19Cl2NO/c1-3-13(15-9-10-16(19)17(20)11-15)12-21(2)18(22)14-7-5-4-6-8-14/h4-11,13H,3,12H2,1-2H3. The lowest BCUT2D eigenvalue weighted by Crippen LogP contribution is -2.31. The Morgan fingerprint density at radius 1 is 1.09 bits per heavy atom. The number of carbonyl (C=O) groups excluding carboxylic acids is 1. The van der Waals surface area contributed by atoms with Crippen LogP contribution in [-0.4, -0.2) is 24.4 Å². The number of amides is 1. The molecule has 0 bridgehead atoms. The van der Waals surface area contributed by atoms with E-state index in [4.69, 9.17) is 23.2 Å². The molecule has 2 nitrogen and oxygen atoms in total. The Hall–Kier alpha value is -1.51. The number of hydrogen-bond donors (Lipinski definition) is 0. The Balaban J connectivity index is 2.12. The molecule has 2 aromatic rings. The maximum Gasteiger partial charge on any atom is 0.253 e. The summed E-state index contributed by atoms with van der Waals surface area (Å²) in [5.74, 6) is 0.256. The van der Waals surface area contributed by atoms with Gasteiger partial charge >= 0.3 is 0 Å². The summed E-state index contributed by atoms with van der Waals surface area (Å²) in [6.07, 6.45) is 0.921. The van der Waals surface area contributed by atoms with E-state index < -0.39 is 0 Å². The first-order valence-electron chi connectivity index (χ1n) is 7.28. The average Bonchev–Trinajstić information content (AvgIpc) is 2.55. The van der Waals surface area contributed by atoms with Crippen LogP contribution in [0.2, 0.25) is 10.0 Å². The molecule has 0 radical (unpaired) electrons. The molecule has 1 atom stereocenters. The van der Waals surface area contributed by atoms with Gasteiger partial charge in [-0.3, -0.25) is 4.79 Å². The zero-order valence-corrected chi connectivity index (χ0v) is 14.2. The van der Waals surface area contributed by atoms with Crippen LogP contribution in [0, 0.1) is 0 Å². The second-order valence-electron chi connectivity index (χ2n) is 5.33. The monoisotopic (exact) mass is 335 g/mol. The molecule has 4 heteroatoms.